The molecule has 1 aliphatic heterocycles. The molecule has 2 amide bonds. The summed E-state index contributed by atoms with van der Waals surface area (Å²) < 4.78 is 4.98. The Labute approximate surface area is 168 Å². The Kier molecular flexibility index (Phi) is 5.12. The quantitative estimate of drug-likeness (QED) is 0.692. The van der Waals surface area contributed by atoms with Crippen LogP contribution in [-0.2, 0) is 0 Å². The van der Waals surface area contributed by atoms with Gasteiger partial charge in [-0.25, -0.2) is 0 Å². The summed E-state index contributed by atoms with van der Waals surface area (Å²) >= 11 is 0. The van der Waals surface area contributed by atoms with Crippen molar-refractivity contribution in [3.05, 3.63) is 83.8 Å². The Morgan fingerprint density at radius 1 is 0.828 bits per heavy atom. The molecule has 3 aromatic rings. The van der Waals surface area contributed by atoms with Crippen molar-refractivity contribution < 1.29 is 14.0 Å². The highest BCUT2D eigenvalue weighted by atomic mass is 16.3. The molecule has 1 aromatic heterocycles. The minimum atomic E-state index is -0.0937. The monoisotopic (exact) mass is 385 g/mol. The van der Waals surface area contributed by atoms with Gasteiger partial charge in [-0.15, -0.1) is 0 Å². The number of piperazine rings is 1. The molecule has 6 heteroatoms. The molecule has 2 heterocycles. The van der Waals surface area contributed by atoms with Crippen molar-refractivity contribution in [1.29, 1.82) is 5.26 Å². The van der Waals surface area contributed by atoms with E-state index in [1.54, 1.807) is 28.0 Å². The summed E-state index contributed by atoms with van der Waals surface area (Å²) in [4.78, 5) is 29.2. The molecular formula is C23H19N3O3. The van der Waals surface area contributed by atoms with Crippen LogP contribution < -0.4 is 0 Å². The lowest BCUT2D eigenvalue weighted by Crippen LogP contribution is -2.50. The first-order valence-electron chi connectivity index (χ1n) is 9.38. The Morgan fingerprint density at radius 2 is 1.45 bits per heavy atom. The molecule has 6 nitrogen and oxygen atoms in total. The van der Waals surface area contributed by atoms with E-state index in [4.69, 9.17) is 4.42 Å². The van der Waals surface area contributed by atoms with Gasteiger partial charge in [-0.3, -0.25) is 9.59 Å². The zero-order chi connectivity index (χ0) is 20.2. The van der Waals surface area contributed by atoms with Gasteiger partial charge in [0.1, 0.15) is 6.26 Å². The van der Waals surface area contributed by atoms with Gasteiger partial charge in [-0.1, -0.05) is 36.4 Å². The van der Waals surface area contributed by atoms with Gasteiger partial charge < -0.3 is 14.2 Å². The summed E-state index contributed by atoms with van der Waals surface area (Å²) in [6, 6.07) is 18.4. The lowest BCUT2D eigenvalue weighted by atomic mass is 9.95. The molecule has 4 rings (SSSR count). The van der Waals surface area contributed by atoms with Gasteiger partial charge in [0.15, 0.2) is 0 Å². The van der Waals surface area contributed by atoms with Gasteiger partial charge in [0.25, 0.3) is 11.8 Å². The van der Waals surface area contributed by atoms with Crippen LogP contribution in [0, 0.1) is 11.3 Å². The number of furan rings is 1. The summed E-state index contributed by atoms with van der Waals surface area (Å²) in [6.45, 7) is 1.84. The van der Waals surface area contributed by atoms with E-state index in [0.29, 0.717) is 42.9 Å². The number of carbonyl (C=O) groups excluding carboxylic acids is 2. The number of carbonyl (C=O) groups is 2. The third-order valence-electron chi connectivity index (χ3n) is 5.12. The zero-order valence-corrected chi connectivity index (χ0v) is 15.7. The predicted octanol–water partition coefficient (Wildman–Crippen LogP) is 3.42. The maximum absolute atomic E-state index is 13.2. The van der Waals surface area contributed by atoms with E-state index in [0.717, 1.165) is 11.1 Å². The summed E-state index contributed by atoms with van der Waals surface area (Å²) in [5, 5.41) is 9.43. The number of hydrogen-bond donors (Lipinski definition) is 0. The van der Waals surface area contributed by atoms with E-state index >= 15 is 0 Å². The second-order valence-electron chi connectivity index (χ2n) is 6.80. The van der Waals surface area contributed by atoms with Gasteiger partial charge in [-0.05, 0) is 23.8 Å². The van der Waals surface area contributed by atoms with Crippen LogP contribution in [0.2, 0.25) is 0 Å². The van der Waals surface area contributed by atoms with Crippen LogP contribution in [0.25, 0.3) is 11.1 Å². The maximum atomic E-state index is 13.2. The second-order valence-corrected chi connectivity index (χ2v) is 6.80. The van der Waals surface area contributed by atoms with Crippen LogP contribution >= 0.6 is 0 Å². The van der Waals surface area contributed by atoms with E-state index in [1.807, 2.05) is 36.4 Å². The molecule has 0 atom stereocenters. The Hall–Kier alpha value is -3.85. The van der Waals surface area contributed by atoms with Crippen molar-refractivity contribution in [1.82, 2.24) is 9.80 Å². The molecule has 1 aliphatic rings. The second kappa shape index (κ2) is 8.03. The average molecular weight is 385 g/mol. The Morgan fingerprint density at radius 3 is 2.10 bits per heavy atom. The van der Waals surface area contributed by atoms with Crippen molar-refractivity contribution >= 4 is 11.8 Å². The highest BCUT2D eigenvalue weighted by molar-refractivity contribution is 6.01. The zero-order valence-electron chi connectivity index (χ0n) is 15.7. The molecule has 0 radical (unpaired) electrons. The highest BCUT2D eigenvalue weighted by Gasteiger charge is 2.27. The number of nitrogens with zero attached hydrogens (tertiary/aromatic N) is 3. The SMILES string of the molecule is N#Cc1ccccc1-c1ccccc1C(=O)N1CCN(C(=O)c2ccoc2)CC1. The van der Waals surface area contributed by atoms with Crippen LogP contribution in [0.3, 0.4) is 0 Å². The predicted molar refractivity (Wildman–Crippen MR) is 107 cm³/mol. The summed E-state index contributed by atoms with van der Waals surface area (Å²) in [6.07, 6.45) is 2.91. The van der Waals surface area contributed by atoms with Crippen molar-refractivity contribution in [2.75, 3.05) is 26.2 Å². The molecule has 0 unspecified atom stereocenters. The number of nitriles is 1. The minimum absolute atomic E-state index is 0.0887. The number of amides is 2. The lowest BCUT2D eigenvalue weighted by molar-refractivity contribution is 0.0535. The van der Waals surface area contributed by atoms with Crippen molar-refractivity contribution in [2.45, 2.75) is 0 Å². The lowest BCUT2D eigenvalue weighted by Gasteiger charge is -2.35. The normalized spacial score (nSPS) is 13.8. The van der Waals surface area contributed by atoms with Crippen molar-refractivity contribution in [2.24, 2.45) is 0 Å². The van der Waals surface area contributed by atoms with Gasteiger partial charge in [-0.2, -0.15) is 5.26 Å². The molecule has 0 N–H and O–H groups in total. The molecule has 1 fully saturated rings. The summed E-state index contributed by atoms with van der Waals surface area (Å²) in [5.41, 5.74) is 3.09. The largest absolute Gasteiger partial charge is 0.472 e. The molecule has 29 heavy (non-hydrogen) atoms. The van der Waals surface area contributed by atoms with Gasteiger partial charge in [0, 0.05) is 37.3 Å². The van der Waals surface area contributed by atoms with Crippen LogP contribution in [0.15, 0.2) is 71.5 Å². The first-order valence-corrected chi connectivity index (χ1v) is 9.38. The fraction of sp³-hybridized carbons (Fsp3) is 0.174. The molecule has 144 valence electrons. The Bertz CT molecular complexity index is 1070. The summed E-state index contributed by atoms with van der Waals surface area (Å²) in [7, 11) is 0. The summed E-state index contributed by atoms with van der Waals surface area (Å²) in [5.74, 6) is -0.182. The van der Waals surface area contributed by atoms with Crippen LogP contribution in [-0.4, -0.2) is 47.8 Å². The molecule has 1 saturated heterocycles. The molecule has 2 aromatic carbocycles. The molecule has 0 saturated carbocycles. The van der Waals surface area contributed by atoms with E-state index in [1.165, 1.54) is 12.5 Å². The van der Waals surface area contributed by atoms with E-state index in [2.05, 4.69) is 6.07 Å². The first-order chi connectivity index (χ1) is 14.2. The molecule has 0 aliphatic carbocycles. The minimum Gasteiger partial charge on any atom is -0.472 e. The highest BCUT2D eigenvalue weighted by Crippen LogP contribution is 2.28. The van der Waals surface area contributed by atoms with Crippen molar-refractivity contribution in [3.63, 3.8) is 0 Å². The molecular weight excluding hydrogens is 366 g/mol. The number of rotatable bonds is 3. The van der Waals surface area contributed by atoms with Crippen LogP contribution in [0.1, 0.15) is 26.3 Å². The smallest absolute Gasteiger partial charge is 0.257 e. The number of benzene rings is 2. The van der Waals surface area contributed by atoms with Crippen LogP contribution in [0.5, 0.6) is 0 Å². The van der Waals surface area contributed by atoms with Gasteiger partial charge in [0.2, 0.25) is 0 Å². The van der Waals surface area contributed by atoms with E-state index < -0.39 is 0 Å². The Balaban J connectivity index is 1.53. The maximum Gasteiger partial charge on any atom is 0.257 e. The van der Waals surface area contributed by atoms with Gasteiger partial charge in [0.05, 0.1) is 23.5 Å². The number of hydrogen-bond acceptors (Lipinski definition) is 4. The van der Waals surface area contributed by atoms with Crippen molar-refractivity contribution in [3.8, 4) is 17.2 Å². The van der Waals surface area contributed by atoms with Crippen LogP contribution in [0.4, 0.5) is 0 Å². The van der Waals surface area contributed by atoms with E-state index in [-0.39, 0.29) is 11.8 Å². The average Bonchev–Trinajstić information content (AvgIpc) is 3.33. The molecule has 0 spiro atoms. The fourth-order valence-electron chi connectivity index (χ4n) is 3.57. The topological polar surface area (TPSA) is 77.5 Å². The standard InChI is InChI=1S/C23H19N3O3/c24-15-17-5-1-2-6-19(17)20-7-3-4-8-21(20)23(28)26-12-10-25(11-13-26)22(27)18-9-14-29-16-18/h1-9,14,16H,10-13H2. The van der Waals surface area contributed by atoms with E-state index in [9.17, 15) is 14.9 Å². The fourth-order valence-corrected chi connectivity index (χ4v) is 3.57. The first kappa shape index (κ1) is 18.5. The molecule has 0 bridgehead atoms. The third-order valence-corrected chi connectivity index (χ3v) is 5.12. The third kappa shape index (κ3) is 3.63. The van der Waals surface area contributed by atoms with Gasteiger partial charge >= 0.3 is 0 Å².